The predicted octanol–water partition coefficient (Wildman–Crippen LogP) is 4.71. The third-order valence-corrected chi connectivity index (χ3v) is 6.12. The Kier molecular flexibility index (Phi) is 4.73. The summed E-state index contributed by atoms with van der Waals surface area (Å²) in [6, 6.07) is 16.9. The van der Waals surface area contributed by atoms with Gasteiger partial charge in [-0.2, -0.15) is 5.10 Å². The second kappa shape index (κ2) is 8.01. The maximum atomic E-state index is 4.65. The van der Waals surface area contributed by atoms with Crippen LogP contribution in [0, 0.1) is 0 Å². The van der Waals surface area contributed by atoms with Gasteiger partial charge in [-0.15, -0.1) is 0 Å². The fourth-order valence-electron chi connectivity index (χ4n) is 4.38. The van der Waals surface area contributed by atoms with Crippen LogP contribution in [0.25, 0.3) is 32.9 Å². The summed E-state index contributed by atoms with van der Waals surface area (Å²) in [6.07, 6.45) is 9.75. The van der Waals surface area contributed by atoms with Crippen molar-refractivity contribution in [2.75, 3.05) is 18.4 Å². The molecule has 0 amide bonds. The van der Waals surface area contributed by atoms with Gasteiger partial charge in [0, 0.05) is 34.4 Å². The number of piperidine rings is 1. The van der Waals surface area contributed by atoms with Crippen molar-refractivity contribution in [3.63, 3.8) is 0 Å². The lowest BCUT2D eigenvalue weighted by Crippen LogP contribution is -2.29. The average Bonchev–Trinajstić information content (AvgIpc) is 3.35. The fourth-order valence-corrected chi connectivity index (χ4v) is 4.38. The van der Waals surface area contributed by atoms with Crippen LogP contribution < -0.4 is 10.6 Å². The molecule has 0 unspecified atom stereocenters. The largest absolute Gasteiger partial charge is 0.340 e. The van der Waals surface area contributed by atoms with Crippen LogP contribution in [-0.4, -0.2) is 37.8 Å². The Hall–Kier alpha value is -3.84. The first-order valence-corrected chi connectivity index (χ1v) is 11.0. The SMILES string of the molecule is c1cnc2ccc(Nc3ncnc4ccc(-c5cnn(C6CCNCC6)c5)cc34)cc2c1. The van der Waals surface area contributed by atoms with E-state index in [1.807, 2.05) is 36.7 Å². The zero-order chi connectivity index (χ0) is 21.3. The minimum absolute atomic E-state index is 0.466. The summed E-state index contributed by atoms with van der Waals surface area (Å²) in [5, 5.41) is 13.6. The van der Waals surface area contributed by atoms with Crippen molar-refractivity contribution < 1.29 is 0 Å². The number of hydrogen-bond donors (Lipinski definition) is 2. The minimum Gasteiger partial charge on any atom is -0.340 e. The van der Waals surface area contributed by atoms with Crippen molar-refractivity contribution in [1.82, 2.24) is 30.0 Å². The van der Waals surface area contributed by atoms with Gasteiger partial charge < -0.3 is 10.6 Å². The van der Waals surface area contributed by atoms with Gasteiger partial charge in [-0.05, 0) is 67.9 Å². The number of benzene rings is 2. The highest BCUT2D eigenvalue weighted by molar-refractivity contribution is 5.94. The van der Waals surface area contributed by atoms with Crippen LogP contribution in [0.5, 0.6) is 0 Å². The van der Waals surface area contributed by atoms with Gasteiger partial charge in [0.05, 0.1) is 23.3 Å². The molecule has 0 atom stereocenters. The second-order valence-electron chi connectivity index (χ2n) is 8.18. The molecule has 2 N–H and O–H groups in total. The van der Waals surface area contributed by atoms with Gasteiger partial charge in [-0.3, -0.25) is 9.67 Å². The van der Waals surface area contributed by atoms with E-state index in [0.29, 0.717) is 6.04 Å². The lowest BCUT2D eigenvalue weighted by molar-refractivity contribution is 0.343. The van der Waals surface area contributed by atoms with Gasteiger partial charge in [0.25, 0.3) is 0 Å². The van der Waals surface area contributed by atoms with Gasteiger partial charge in [-0.1, -0.05) is 12.1 Å². The third kappa shape index (κ3) is 3.56. The Labute approximate surface area is 185 Å². The van der Waals surface area contributed by atoms with E-state index in [0.717, 1.165) is 70.4 Å². The van der Waals surface area contributed by atoms with Crippen molar-refractivity contribution in [3.05, 3.63) is 73.4 Å². The Balaban J connectivity index is 1.34. The zero-order valence-electron chi connectivity index (χ0n) is 17.6. The average molecular weight is 422 g/mol. The molecule has 158 valence electrons. The van der Waals surface area contributed by atoms with Crippen molar-refractivity contribution in [1.29, 1.82) is 0 Å². The zero-order valence-corrected chi connectivity index (χ0v) is 17.6. The normalized spacial score (nSPS) is 14.8. The summed E-state index contributed by atoms with van der Waals surface area (Å²) in [5.41, 5.74) is 5.06. The molecule has 1 fully saturated rings. The van der Waals surface area contributed by atoms with Crippen LogP contribution >= 0.6 is 0 Å². The van der Waals surface area contributed by atoms with E-state index in [-0.39, 0.29) is 0 Å². The van der Waals surface area contributed by atoms with Crippen LogP contribution in [0.3, 0.4) is 0 Å². The quantitative estimate of drug-likeness (QED) is 0.437. The summed E-state index contributed by atoms with van der Waals surface area (Å²) >= 11 is 0. The van der Waals surface area contributed by atoms with Crippen molar-refractivity contribution in [2.24, 2.45) is 0 Å². The van der Waals surface area contributed by atoms with Crippen molar-refractivity contribution >= 4 is 33.3 Å². The highest BCUT2D eigenvalue weighted by Crippen LogP contribution is 2.30. The molecule has 0 bridgehead atoms. The molecular formula is C25H23N7. The highest BCUT2D eigenvalue weighted by Gasteiger charge is 2.16. The molecule has 0 aliphatic carbocycles. The van der Waals surface area contributed by atoms with Gasteiger partial charge >= 0.3 is 0 Å². The molecule has 1 aliphatic heterocycles. The maximum Gasteiger partial charge on any atom is 0.141 e. The van der Waals surface area contributed by atoms with Gasteiger partial charge in [0.1, 0.15) is 12.1 Å². The molecule has 2 aromatic carbocycles. The highest BCUT2D eigenvalue weighted by atomic mass is 15.3. The van der Waals surface area contributed by atoms with E-state index in [9.17, 15) is 0 Å². The number of anilines is 2. The third-order valence-electron chi connectivity index (χ3n) is 6.12. The molecular weight excluding hydrogens is 398 g/mol. The molecule has 4 heterocycles. The number of nitrogens with zero attached hydrogens (tertiary/aromatic N) is 5. The first-order valence-electron chi connectivity index (χ1n) is 11.0. The Morgan fingerprint density at radius 3 is 2.75 bits per heavy atom. The lowest BCUT2D eigenvalue weighted by atomic mass is 10.1. The lowest BCUT2D eigenvalue weighted by Gasteiger charge is -2.22. The summed E-state index contributed by atoms with van der Waals surface area (Å²) in [4.78, 5) is 13.4. The van der Waals surface area contributed by atoms with Gasteiger partial charge in [0.15, 0.2) is 0 Å². The molecule has 32 heavy (non-hydrogen) atoms. The predicted molar refractivity (Wildman–Crippen MR) is 127 cm³/mol. The monoisotopic (exact) mass is 421 g/mol. The molecule has 0 radical (unpaired) electrons. The van der Waals surface area contributed by atoms with Crippen LogP contribution in [0.2, 0.25) is 0 Å². The number of nitrogens with one attached hydrogen (secondary N) is 2. The van der Waals surface area contributed by atoms with Crippen LogP contribution in [0.1, 0.15) is 18.9 Å². The fraction of sp³-hybridized carbons (Fsp3) is 0.200. The summed E-state index contributed by atoms with van der Waals surface area (Å²) < 4.78 is 2.12. The van der Waals surface area contributed by atoms with Gasteiger partial charge in [-0.25, -0.2) is 9.97 Å². The smallest absolute Gasteiger partial charge is 0.141 e. The maximum absolute atomic E-state index is 4.65. The standard InChI is InChI=1S/C25H23N7/c1-2-18-12-20(4-6-23(18)27-9-1)31-25-22-13-17(3-5-24(22)28-16-29-25)19-14-30-32(15-19)21-7-10-26-11-8-21/h1-6,9,12-16,21,26H,7-8,10-11H2,(H,28,29,31). The van der Waals surface area contributed by atoms with Crippen LogP contribution in [0.4, 0.5) is 11.5 Å². The van der Waals surface area contributed by atoms with E-state index in [4.69, 9.17) is 0 Å². The number of aromatic nitrogens is 5. The Bertz CT molecular complexity index is 1400. The minimum atomic E-state index is 0.466. The Morgan fingerprint density at radius 2 is 1.81 bits per heavy atom. The summed E-state index contributed by atoms with van der Waals surface area (Å²) in [6.45, 7) is 2.10. The summed E-state index contributed by atoms with van der Waals surface area (Å²) in [7, 11) is 0. The number of pyridine rings is 1. The number of fused-ring (bicyclic) bond motifs is 2. The van der Waals surface area contributed by atoms with Crippen molar-refractivity contribution in [2.45, 2.75) is 18.9 Å². The van der Waals surface area contributed by atoms with Gasteiger partial charge in [0.2, 0.25) is 0 Å². The van der Waals surface area contributed by atoms with Crippen LogP contribution in [-0.2, 0) is 0 Å². The topological polar surface area (TPSA) is 80.6 Å². The Morgan fingerprint density at radius 1 is 0.906 bits per heavy atom. The van der Waals surface area contributed by atoms with Crippen LogP contribution in [0.15, 0.2) is 73.4 Å². The van der Waals surface area contributed by atoms with E-state index in [1.54, 1.807) is 6.33 Å². The number of hydrogen-bond acceptors (Lipinski definition) is 6. The van der Waals surface area contributed by atoms with Crippen molar-refractivity contribution in [3.8, 4) is 11.1 Å². The number of rotatable bonds is 4. The molecule has 1 aliphatic rings. The first kappa shape index (κ1) is 18.9. The van der Waals surface area contributed by atoms with E-state index < -0.39 is 0 Å². The second-order valence-corrected chi connectivity index (χ2v) is 8.18. The molecule has 7 heteroatoms. The molecule has 0 spiro atoms. The molecule has 5 aromatic rings. The molecule has 3 aromatic heterocycles. The van der Waals surface area contributed by atoms with E-state index in [1.165, 1.54) is 0 Å². The summed E-state index contributed by atoms with van der Waals surface area (Å²) in [5.74, 6) is 0.783. The van der Waals surface area contributed by atoms with E-state index >= 15 is 0 Å². The molecule has 6 rings (SSSR count). The van der Waals surface area contributed by atoms with E-state index in [2.05, 4.69) is 65.8 Å². The molecule has 1 saturated heterocycles. The molecule has 0 saturated carbocycles. The first-order chi connectivity index (χ1) is 15.8. The molecule has 7 nitrogen and oxygen atoms in total.